The Hall–Kier alpha value is -2.60. The Balaban J connectivity index is 1.81. The van der Waals surface area contributed by atoms with Crippen LogP contribution in [0, 0.1) is 0 Å². The van der Waals surface area contributed by atoms with Crippen molar-refractivity contribution in [1.82, 2.24) is 4.90 Å². The molecule has 5 nitrogen and oxygen atoms in total. The number of carbonyl (C=O) groups excluding carboxylic acids is 1. The van der Waals surface area contributed by atoms with E-state index < -0.39 is 5.79 Å². The molecule has 1 atom stereocenters. The van der Waals surface area contributed by atoms with Crippen molar-refractivity contribution < 1.29 is 19.0 Å². The molecular formula is C23H27NO4S. The molecule has 2 aromatic rings. The smallest absolute Gasteiger partial charge is 0.254 e. The second kappa shape index (κ2) is 8.82. The van der Waals surface area contributed by atoms with Gasteiger partial charge in [0.05, 0.1) is 13.7 Å². The standard InChI is InChI=1S/C23H27NO4S/c1-6-23(2)27-20-14-17(13-19(26-4)21(20)28-23)22(25)24(3)15-18(29-5)12-16-10-8-7-9-11-16/h7-14H,6,15H2,1-5H3/b18-12-. The topological polar surface area (TPSA) is 48.0 Å². The Labute approximate surface area is 176 Å². The third-order valence-electron chi connectivity index (χ3n) is 4.90. The van der Waals surface area contributed by atoms with E-state index >= 15 is 0 Å². The Morgan fingerprint density at radius 1 is 1.24 bits per heavy atom. The molecule has 1 heterocycles. The molecule has 3 rings (SSSR count). The minimum atomic E-state index is -0.742. The number of amides is 1. The van der Waals surface area contributed by atoms with Gasteiger partial charge in [-0.3, -0.25) is 4.79 Å². The summed E-state index contributed by atoms with van der Waals surface area (Å²) in [5, 5.41) is 0. The first kappa shape index (κ1) is 21.1. The highest BCUT2D eigenvalue weighted by molar-refractivity contribution is 8.02. The maximum atomic E-state index is 13.1. The summed E-state index contributed by atoms with van der Waals surface area (Å²) < 4.78 is 17.3. The van der Waals surface area contributed by atoms with Gasteiger partial charge in [0.1, 0.15) is 0 Å². The van der Waals surface area contributed by atoms with Gasteiger partial charge in [0, 0.05) is 30.9 Å². The Kier molecular flexibility index (Phi) is 6.42. The number of carbonyl (C=O) groups is 1. The van der Waals surface area contributed by atoms with Gasteiger partial charge in [-0.2, -0.15) is 0 Å². The van der Waals surface area contributed by atoms with Crippen LogP contribution < -0.4 is 14.2 Å². The Morgan fingerprint density at radius 2 is 1.97 bits per heavy atom. The predicted octanol–water partition coefficient (Wildman–Crippen LogP) is 5.07. The molecule has 0 saturated carbocycles. The highest BCUT2D eigenvalue weighted by Crippen LogP contribution is 2.47. The number of hydrogen-bond donors (Lipinski definition) is 0. The van der Waals surface area contributed by atoms with Crippen molar-refractivity contribution in [2.24, 2.45) is 0 Å². The van der Waals surface area contributed by atoms with Gasteiger partial charge in [0.2, 0.25) is 11.5 Å². The molecule has 0 aromatic heterocycles. The fourth-order valence-electron chi connectivity index (χ4n) is 3.07. The van der Waals surface area contributed by atoms with Crippen LogP contribution >= 0.6 is 11.8 Å². The van der Waals surface area contributed by atoms with Crippen molar-refractivity contribution in [3.05, 3.63) is 58.5 Å². The summed E-state index contributed by atoms with van der Waals surface area (Å²) in [6.07, 6.45) is 4.79. The van der Waals surface area contributed by atoms with Gasteiger partial charge in [0.15, 0.2) is 11.5 Å². The van der Waals surface area contributed by atoms with Crippen molar-refractivity contribution in [2.45, 2.75) is 26.1 Å². The van der Waals surface area contributed by atoms with Crippen LogP contribution in [0.15, 0.2) is 47.4 Å². The second-order valence-electron chi connectivity index (χ2n) is 7.08. The van der Waals surface area contributed by atoms with Gasteiger partial charge in [-0.1, -0.05) is 37.3 Å². The first-order valence-corrected chi connectivity index (χ1v) is 10.8. The van der Waals surface area contributed by atoms with E-state index in [0.717, 1.165) is 10.5 Å². The third-order valence-corrected chi connectivity index (χ3v) is 5.67. The van der Waals surface area contributed by atoms with Gasteiger partial charge >= 0.3 is 0 Å². The van der Waals surface area contributed by atoms with Crippen LogP contribution in [0.1, 0.15) is 36.2 Å². The van der Waals surface area contributed by atoms with Crippen molar-refractivity contribution in [1.29, 1.82) is 0 Å². The van der Waals surface area contributed by atoms with Crippen molar-refractivity contribution in [2.75, 3.05) is 27.0 Å². The lowest BCUT2D eigenvalue weighted by Gasteiger charge is -2.20. The van der Waals surface area contributed by atoms with Crippen molar-refractivity contribution >= 4 is 23.7 Å². The summed E-state index contributed by atoms with van der Waals surface area (Å²) >= 11 is 1.63. The zero-order valence-electron chi connectivity index (χ0n) is 17.5. The van der Waals surface area contributed by atoms with E-state index in [0.29, 0.717) is 35.8 Å². The molecule has 1 aliphatic rings. The maximum Gasteiger partial charge on any atom is 0.254 e. The average molecular weight is 414 g/mol. The molecule has 0 spiro atoms. The molecular weight excluding hydrogens is 386 g/mol. The minimum Gasteiger partial charge on any atom is -0.493 e. The van der Waals surface area contributed by atoms with Crippen LogP contribution in [0.3, 0.4) is 0 Å². The van der Waals surface area contributed by atoms with E-state index in [4.69, 9.17) is 14.2 Å². The van der Waals surface area contributed by atoms with Gasteiger partial charge in [0.25, 0.3) is 5.91 Å². The molecule has 6 heteroatoms. The summed E-state index contributed by atoms with van der Waals surface area (Å²) in [7, 11) is 3.36. The Bertz CT molecular complexity index is 913. The van der Waals surface area contributed by atoms with E-state index in [2.05, 4.69) is 6.08 Å². The van der Waals surface area contributed by atoms with Crippen LogP contribution in [0.4, 0.5) is 0 Å². The number of ether oxygens (including phenoxy) is 3. The van der Waals surface area contributed by atoms with E-state index in [1.54, 1.807) is 43.0 Å². The summed E-state index contributed by atoms with van der Waals surface area (Å²) in [5.41, 5.74) is 1.62. The lowest BCUT2D eigenvalue weighted by atomic mass is 10.1. The average Bonchev–Trinajstić information content (AvgIpc) is 3.09. The van der Waals surface area contributed by atoms with Crippen LogP contribution in [-0.4, -0.2) is 43.6 Å². The van der Waals surface area contributed by atoms with Crippen LogP contribution in [0.2, 0.25) is 0 Å². The zero-order chi connectivity index (χ0) is 21.0. The number of thioether (sulfide) groups is 1. The van der Waals surface area contributed by atoms with Gasteiger partial charge < -0.3 is 19.1 Å². The van der Waals surface area contributed by atoms with Crippen LogP contribution in [0.25, 0.3) is 6.08 Å². The molecule has 0 radical (unpaired) electrons. The fourth-order valence-corrected chi connectivity index (χ4v) is 3.65. The molecule has 0 N–H and O–H groups in total. The first-order chi connectivity index (χ1) is 13.9. The number of fused-ring (bicyclic) bond motifs is 1. The number of hydrogen-bond acceptors (Lipinski definition) is 5. The summed E-state index contributed by atoms with van der Waals surface area (Å²) in [6.45, 7) is 4.37. The number of benzene rings is 2. The monoisotopic (exact) mass is 413 g/mol. The maximum absolute atomic E-state index is 13.1. The lowest BCUT2D eigenvalue weighted by molar-refractivity contribution is -0.0647. The molecule has 2 aromatic carbocycles. The van der Waals surface area contributed by atoms with Gasteiger partial charge in [-0.05, 0) is 30.0 Å². The number of methoxy groups -OCH3 is 1. The first-order valence-electron chi connectivity index (χ1n) is 9.54. The zero-order valence-corrected chi connectivity index (χ0v) is 18.3. The quantitative estimate of drug-likeness (QED) is 0.634. The second-order valence-corrected chi connectivity index (χ2v) is 8.02. The molecule has 29 heavy (non-hydrogen) atoms. The molecule has 1 aliphatic heterocycles. The summed E-state index contributed by atoms with van der Waals surface area (Å²) in [6, 6.07) is 13.5. The highest BCUT2D eigenvalue weighted by atomic mass is 32.2. The summed E-state index contributed by atoms with van der Waals surface area (Å²) in [5.74, 6) is 0.738. The highest BCUT2D eigenvalue weighted by Gasteiger charge is 2.38. The summed E-state index contributed by atoms with van der Waals surface area (Å²) in [4.78, 5) is 15.9. The van der Waals surface area contributed by atoms with Gasteiger partial charge in [-0.25, -0.2) is 0 Å². The molecule has 1 amide bonds. The van der Waals surface area contributed by atoms with Crippen LogP contribution in [-0.2, 0) is 0 Å². The third kappa shape index (κ3) is 4.70. The Morgan fingerprint density at radius 3 is 2.59 bits per heavy atom. The lowest BCUT2D eigenvalue weighted by Crippen LogP contribution is -2.33. The molecule has 0 saturated heterocycles. The normalized spacial score (nSPS) is 17.9. The molecule has 0 aliphatic carbocycles. The van der Waals surface area contributed by atoms with E-state index in [1.165, 1.54) is 0 Å². The molecule has 154 valence electrons. The van der Waals surface area contributed by atoms with E-state index in [-0.39, 0.29) is 5.91 Å². The molecule has 0 fully saturated rings. The number of rotatable bonds is 7. The van der Waals surface area contributed by atoms with Crippen LogP contribution in [0.5, 0.6) is 17.2 Å². The largest absolute Gasteiger partial charge is 0.493 e. The van der Waals surface area contributed by atoms with Gasteiger partial charge in [-0.15, -0.1) is 11.8 Å². The molecule has 0 bridgehead atoms. The number of nitrogens with zero attached hydrogens (tertiary/aromatic N) is 1. The van der Waals surface area contributed by atoms with E-state index in [9.17, 15) is 4.79 Å². The number of likely N-dealkylation sites (N-methyl/N-ethyl adjacent to an activating group) is 1. The SMILES string of the molecule is CCC1(C)Oc2cc(C(=O)N(C)C/C(=C/c3ccccc3)SC)cc(OC)c2O1. The van der Waals surface area contributed by atoms with Crippen molar-refractivity contribution in [3.8, 4) is 17.2 Å². The minimum absolute atomic E-state index is 0.104. The van der Waals surface area contributed by atoms with Crippen molar-refractivity contribution in [3.63, 3.8) is 0 Å². The van der Waals surface area contributed by atoms with E-state index in [1.807, 2.05) is 50.4 Å². The molecule has 1 unspecified atom stereocenters. The fraction of sp³-hybridized carbons (Fsp3) is 0.348. The predicted molar refractivity (Wildman–Crippen MR) is 118 cm³/mol.